The molecule has 0 aromatic carbocycles. The average Bonchev–Trinajstić information content (AvgIpc) is 2.09. The van der Waals surface area contributed by atoms with Gasteiger partial charge in [0.05, 0.1) is 0 Å². The molecule has 0 aliphatic heterocycles. The second kappa shape index (κ2) is 7.13. The van der Waals surface area contributed by atoms with Gasteiger partial charge in [-0.25, -0.2) is 0 Å². The highest BCUT2D eigenvalue weighted by atomic mass is 15.0. The molecule has 0 rings (SSSR count). The van der Waals surface area contributed by atoms with Gasteiger partial charge in [0.2, 0.25) is 0 Å². The minimum absolute atomic E-state index is 0.111. The third-order valence-corrected chi connectivity index (χ3v) is 3.91. The van der Waals surface area contributed by atoms with Crippen LogP contribution in [0.3, 0.4) is 0 Å². The summed E-state index contributed by atoms with van der Waals surface area (Å²) >= 11 is 0. The van der Waals surface area contributed by atoms with Crippen LogP contribution in [0.5, 0.6) is 0 Å². The lowest BCUT2D eigenvalue weighted by Gasteiger charge is -2.44. The van der Waals surface area contributed by atoms with E-state index in [2.05, 4.69) is 73.9 Å². The van der Waals surface area contributed by atoms with Gasteiger partial charge in [-0.2, -0.15) is 0 Å². The average molecular weight is 294 g/mol. The van der Waals surface area contributed by atoms with E-state index in [1.807, 2.05) is 12.2 Å². The molecule has 0 atom stereocenters. The van der Waals surface area contributed by atoms with Crippen LogP contribution in [0.25, 0.3) is 0 Å². The van der Waals surface area contributed by atoms with E-state index in [4.69, 9.17) is 0 Å². The van der Waals surface area contributed by atoms with E-state index in [0.29, 0.717) is 0 Å². The Morgan fingerprint density at radius 2 is 0.952 bits per heavy atom. The van der Waals surface area contributed by atoms with Gasteiger partial charge in [-0.1, -0.05) is 39.8 Å². The maximum Gasteiger partial charge on any atom is 0.0135 e. The first-order valence-electron chi connectivity index (χ1n) is 8.25. The van der Waals surface area contributed by atoms with Crippen molar-refractivity contribution in [3.8, 4) is 0 Å². The Bertz CT molecular complexity index is 311. The molecule has 0 aromatic heterocycles. The van der Waals surface area contributed by atoms with Crippen LogP contribution in [0.1, 0.15) is 81.1 Å². The zero-order valence-electron chi connectivity index (χ0n) is 15.9. The van der Waals surface area contributed by atoms with Crippen molar-refractivity contribution < 1.29 is 0 Å². The Labute approximate surface area is 134 Å². The number of hydrogen-bond acceptors (Lipinski definition) is 1. The van der Waals surface area contributed by atoms with Crippen molar-refractivity contribution in [2.45, 2.75) is 92.2 Å². The van der Waals surface area contributed by atoms with Crippen LogP contribution in [-0.4, -0.2) is 11.1 Å². The molecule has 0 unspecified atom stereocenters. The number of hydrogen-bond donors (Lipinski definition) is 1. The van der Waals surface area contributed by atoms with Crippen molar-refractivity contribution in [2.24, 2.45) is 10.8 Å². The lowest BCUT2D eigenvalue weighted by molar-refractivity contribution is 0.143. The SMILES string of the molecule is C=CCC(C)(C)CC(C)(C)NC(C)(C)CC(C)(C)CC=C. The molecule has 0 heterocycles. The van der Waals surface area contributed by atoms with Gasteiger partial charge in [0.25, 0.3) is 0 Å². The molecule has 0 fully saturated rings. The zero-order chi connectivity index (χ0) is 16.9. The van der Waals surface area contributed by atoms with Crippen LogP contribution < -0.4 is 5.32 Å². The van der Waals surface area contributed by atoms with Crippen LogP contribution in [0, 0.1) is 10.8 Å². The van der Waals surface area contributed by atoms with E-state index in [-0.39, 0.29) is 21.9 Å². The fourth-order valence-corrected chi connectivity index (χ4v) is 4.32. The number of allylic oxidation sites excluding steroid dienone is 2. The largest absolute Gasteiger partial charge is 0.307 e. The minimum atomic E-state index is 0.111. The van der Waals surface area contributed by atoms with Crippen molar-refractivity contribution >= 4 is 0 Å². The lowest BCUT2D eigenvalue weighted by Crippen LogP contribution is -2.55. The summed E-state index contributed by atoms with van der Waals surface area (Å²) in [4.78, 5) is 0. The summed E-state index contributed by atoms with van der Waals surface area (Å²) in [5.74, 6) is 0. The summed E-state index contributed by atoms with van der Waals surface area (Å²) in [6.45, 7) is 26.4. The standard InChI is InChI=1S/C20H39N/c1-11-13-17(3,4)15-19(7,8)21-20(9,10)16-18(5,6)14-12-2/h11-12,21H,1-2,13-16H2,3-10H3. The van der Waals surface area contributed by atoms with Crippen LogP contribution >= 0.6 is 0 Å². The van der Waals surface area contributed by atoms with Gasteiger partial charge >= 0.3 is 0 Å². The van der Waals surface area contributed by atoms with E-state index >= 15 is 0 Å². The maximum atomic E-state index is 3.89. The van der Waals surface area contributed by atoms with Gasteiger partial charge < -0.3 is 5.32 Å². The fraction of sp³-hybridized carbons (Fsp3) is 0.800. The van der Waals surface area contributed by atoms with E-state index < -0.39 is 0 Å². The molecule has 0 saturated carbocycles. The zero-order valence-corrected chi connectivity index (χ0v) is 15.9. The van der Waals surface area contributed by atoms with Crippen LogP contribution in [0.4, 0.5) is 0 Å². The fourth-order valence-electron chi connectivity index (χ4n) is 4.32. The molecule has 0 aliphatic rings. The van der Waals surface area contributed by atoms with Gasteiger partial charge in [0, 0.05) is 11.1 Å². The number of nitrogens with one attached hydrogen (secondary N) is 1. The Balaban J connectivity index is 4.82. The van der Waals surface area contributed by atoms with Crippen molar-refractivity contribution in [3.05, 3.63) is 25.3 Å². The molecule has 0 radical (unpaired) electrons. The quantitative estimate of drug-likeness (QED) is 0.479. The molecule has 0 spiro atoms. The minimum Gasteiger partial charge on any atom is -0.307 e. The van der Waals surface area contributed by atoms with Crippen molar-refractivity contribution in [1.82, 2.24) is 5.32 Å². The second-order valence-corrected chi connectivity index (χ2v) is 9.56. The van der Waals surface area contributed by atoms with E-state index in [0.717, 1.165) is 25.7 Å². The van der Waals surface area contributed by atoms with E-state index in [9.17, 15) is 0 Å². The normalized spacial score (nSPS) is 14.1. The first-order chi connectivity index (χ1) is 9.24. The molecular formula is C20H39N. The first-order valence-corrected chi connectivity index (χ1v) is 8.25. The second-order valence-electron chi connectivity index (χ2n) is 9.56. The van der Waals surface area contributed by atoms with E-state index in [1.165, 1.54) is 0 Å². The topological polar surface area (TPSA) is 12.0 Å². The Kier molecular flexibility index (Phi) is 6.94. The highest BCUT2D eigenvalue weighted by molar-refractivity contribution is 4.96. The van der Waals surface area contributed by atoms with Crippen LogP contribution in [0.15, 0.2) is 25.3 Å². The van der Waals surface area contributed by atoms with Crippen LogP contribution in [0.2, 0.25) is 0 Å². The predicted molar refractivity (Wildman–Crippen MR) is 97.7 cm³/mol. The summed E-state index contributed by atoms with van der Waals surface area (Å²) in [5, 5.41) is 3.89. The Hall–Kier alpha value is -0.560. The molecule has 124 valence electrons. The summed E-state index contributed by atoms with van der Waals surface area (Å²) in [6.07, 6.45) is 8.46. The molecule has 1 heteroatoms. The van der Waals surface area contributed by atoms with Gasteiger partial charge in [-0.05, 0) is 64.2 Å². The van der Waals surface area contributed by atoms with Gasteiger partial charge in [-0.3, -0.25) is 0 Å². The van der Waals surface area contributed by atoms with E-state index in [1.54, 1.807) is 0 Å². The third-order valence-electron chi connectivity index (χ3n) is 3.91. The van der Waals surface area contributed by atoms with Gasteiger partial charge in [0.1, 0.15) is 0 Å². The molecule has 1 N–H and O–H groups in total. The lowest BCUT2D eigenvalue weighted by atomic mass is 9.74. The maximum absolute atomic E-state index is 3.89. The molecule has 0 aliphatic carbocycles. The molecule has 21 heavy (non-hydrogen) atoms. The van der Waals surface area contributed by atoms with Gasteiger partial charge in [0.15, 0.2) is 0 Å². The third kappa shape index (κ3) is 9.14. The van der Waals surface area contributed by atoms with Crippen molar-refractivity contribution in [3.63, 3.8) is 0 Å². The predicted octanol–water partition coefficient (Wildman–Crippen LogP) is 6.12. The number of rotatable bonds is 10. The van der Waals surface area contributed by atoms with Crippen molar-refractivity contribution in [2.75, 3.05) is 0 Å². The molecule has 0 saturated heterocycles. The monoisotopic (exact) mass is 293 g/mol. The first kappa shape index (κ1) is 20.4. The van der Waals surface area contributed by atoms with Crippen LogP contribution in [-0.2, 0) is 0 Å². The molecule has 1 nitrogen and oxygen atoms in total. The molecular weight excluding hydrogens is 254 g/mol. The highest BCUT2D eigenvalue weighted by Gasteiger charge is 2.35. The molecule has 0 bridgehead atoms. The summed E-state index contributed by atoms with van der Waals surface area (Å²) < 4.78 is 0. The smallest absolute Gasteiger partial charge is 0.0135 e. The Morgan fingerprint density at radius 3 is 1.19 bits per heavy atom. The molecule has 0 aromatic rings. The highest BCUT2D eigenvalue weighted by Crippen LogP contribution is 2.36. The summed E-state index contributed by atoms with van der Waals surface area (Å²) in [6, 6.07) is 0. The molecule has 0 amide bonds. The summed E-state index contributed by atoms with van der Waals surface area (Å²) in [5.41, 5.74) is 0.788. The van der Waals surface area contributed by atoms with Crippen molar-refractivity contribution in [1.29, 1.82) is 0 Å². The summed E-state index contributed by atoms with van der Waals surface area (Å²) in [7, 11) is 0. The van der Waals surface area contributed by atoms with Gasteiger partial charge in [-0.15, -0.1) is 13.2 Å². The Morgan fingerprint density at radius 1 is 0.667 bits per heavy atom.